The van der Waals surface area contributed by atoms with Crippen LogP contribution in [0.15, 0.2) is 33.7 Å². The highest BCUT2D eigenvalue weighted by atomic mass is 16.5. The Morgan fingerprint density at radius 2 is 2.00 bits per heavy atom. The van der Waals surface area contributed by atoms with Crippen molar-refractivity contribution in [2.75, 3.05) is 13.2 Å². The van der Waals surface area contributed by atoms with Crippen molar-refractivity contribution in [2.24, 2.45) is 0 Å². The van der Waals surface area contributed by atoms with E-state index in [-0.39, 0.29) is 0 Å². The highest BCUT2D eigenvalue weighted by Crippen LogP contribution is 1.98. The molecule has 0 saturated heterocycles. The minimum absolute atomic E-state index is 0.361. The van der Waals surface area contributed by atoms with Crippen molar-refractivity contribution < 1.29 is 18.4 Å². The molecule has 0 saturated carbocycles. The third-order valence-electron chi connectivity index (χ3n) is 1.82. The first kappa shape index (κ1) is 10.8. The van der Waals surface area contributed by atoms with Gasteiger partial charge in [0.15, 0.2) is 0 Å². The van der Waals surface area contributed by atoms with E-state index in [1.165, 1.54) is 12.5 Å². The molecule has 0 spiro atoms. The van der Waals surface area contributed by atoms with Crippen LogP contribution in [0.2, 0.25) is 0 Å². The van der Waals surface area contributed by atoms with Gasteiger partial charge in [-0.25, -0.2) is 4.98 Å². The Hall–Kier alpha value is -1.66. The molecule has 0 fully saturated rings. The molecule has 16 heavy (non-hydrogen) atoms. The van der Waals surface area contributed by atoms with Crippen LogP contribution >= 0.6 is 0 Å². The van der Waals surface area contributed by atoms with Crippen LogP contribution in [0.5, 0.6) is 0 Å². The monoisotopic (exact) mass is 224 g/mol. The molecule has 0 amide bonds. The van der Waals surface area contributed by atoms with Crippen molar-refractivity contribution in [2.45, 2.75) is 13.2 Å². The lowest BCUT2D eigenvalue weighted by molar-refractivity contribution is 0.0256. The molecule has 0 radical (unpaired) electrons. The summed E-state index contributed by atoms with van der Waals surface area (Å²) >= 11 is 0. The lowest BCUT2D eigenvalue weighted by Crippen LogP contribution is -2.04. The number of nitrogens with zero attached hydrogens (tertiary/aromatic N) is 2. The zero-order valence-corrected chi connectivity index (χ0v) is 8.67. The Balaban J connectivity index is 1.49. The van der Waals surface area contributed by atoms with Gasteiger partial charge in [-0.3, -0.25) is 0 Å². The van der Waals surface area contributed by atoms with E-state index in [2.05, 4.69) is 14.7 Å². The Morgan fingerprint density at radius 3 is 2.69 bits per heavy atom. The first-order chi connectivity index (χ1) is 7.95. The van der Waals surface area contributed by atoms with Gasteiger partial charge in [0.05, 0.1) is 26.0 Å². The smallest absolute Gasteiger partial charge is 0.219 e. The predicted octanol–water partition coefficient (Wildman–Crippen LogP) is 1.40. The number of rotatable bonds is 7. The van der Waals surface area contributed by atoms with Gasteiger partial charge in [-0.15, -0.1) is 0 Å². The van der Waals surface area contributed by atoms with Gasteiger partial charge in [0, 0.05) is 6.07 Å². The molecule has 2 aromatic rings. The van der Waals surface area contributed by atoms with Gasteiger partial charge in [-0.1, -0.05) is 5.16 Å². The molecule has 0 aromatic carbocycles. The van der Waals surface area contributed by atoms with Gasteiger partial charge in [0.25, 0.3) is 0 Å². The first-order valence-corrected chi connectivity index (χ1v) is 4.88. The maximum atomic E-state index is 5.30. The summed E-state index contributed by atoms with van der Waals surface area (Å²) in [4.78, 5) is 3.92. The molecule has 2 aromatic heterocycles. The van der Waals surface area contributed by atoms with E-state index in [0.717, 1.165) is 5.69 Å². The van der Waals surface area contributed by atoms with Crippen LogP contribution in [-0.2, 0) is 22.7 Å². The van der Waals surface area contributed by atoms with Crippen LogP contribution in [0.3, 0.4) is 0 Å². The van der Waals surface area contributed by atoms with Gasteiger partial charge < -0.3 is 18.4 Å². The van der Waals surface area contributed by atoms with Crippen LogP contribution in [0, 0.1) is 0 Å². The highest BCUT2D eigenvalue weighted by Gasteiger charge is 1.98. The van der Waals surface area contributed by atoms with E-state index in [1.807, 2.05) is 0 Å². The SMILES string of the molecule is c1coc(COCCOCc2ccon2)n1. The summed E-state index contributed by atoms with van der Waals surface area (Å²) in [5.41, 5.74) is 0.771. The molecule has 6 heteroatoms. The number of hydrogen-bond donors (Lipinski definition) is 0. The number of oxazole rings is 1. The molecule has 0 N–H and O–H groups in total. The Labute approximate surface area is 92.2 Å². The number of aromatic nitrogens is 2. The quantitative estimate of drug-likeness (QED) is 0.662. The van der Waals surface area contributed by atoms with Crippen molar-refractivity contribution in [3.8, 4) is 0 Å². The summed E-state index contributed by atoms with van der Waals surface area (Å²) in [6.07, 6.45) is 4.61. The summed E-state index contributed by atoms with van der Waals surface area (Å²) in [6.45, 7) is 1.77. The van der Waals surface area contributed by atoms with E-state index in [4.69, 9.17) is 13.9 Å². The molecule has 6 nitrogen and oxygen atoms in total. The third kappa shape index (κ3) is 3.48. The number of ether oxygens (including phenoxy) is 2. The van der Waals surface area contributed by atoms with Crippen LogP contribution in [-0.4, -0.2) is 23.4 Å². The molecular formula is C10H12N2O4. The molecule has 0 aliphatic carbocycles. The van der Waals surface area contributed by atoms with Crippen molar-refractivity contribution in [1.29, 1.82) is 0 Å². The summed E-state index contributed by atoms with van der Waals surface area (Å²) < 4.78 is 20.2. The number of hydrogen-bond acceptors (Lipinski definition) is 6. The van der Waals surface area contributed by atoms with Gasteiger partial charge >= 0.3 is 0 Å². The van der Waals surface area contributed by atoms with Crippen LogP contribution < -0.4 is 0 Å². The molecule has 0 aliphatic rings. The van der Waals surface area contributed by atoms with E-state index in [1.54, 1.807) is 12.3 Å². The Kier molecular flexibility index (Phi) is 4.09. The van der Waals surface area contributed by atoms with Crippen LogP contribution in [0.25, 0.3) is 0 Å². The van der Waals surface area contributed by atoms with E-state index in [0.29, 0.717) is 32.3 Å². The molecule has 0 atom stereocenters. The van der Waals surface area contributed by atoms with Gasteiger partial charge in [-0.05, 0) is 0 Å². The van der Waals surface area contributed by atoms with Crippen molar-refractivity contribution >= 4 is 0 Å². The Bertz CT molecular complexity index is 333. The standard InChI is InChI=1S/C10H12N2O4/c1-3-16-12-9(1)7-13-5-6-14-8-10-11-2-4-15-10/h1-4H,5-8H2. The summed E-state index contributed by atoms with van der Waals surface area (Å²) in [5.74, 6) is 0.566. The second kappa shape index (κ2) is 6.04. The Morgan fingerprint density at radius 1 is 1.12 bits per heavy atom. The third-order valence-corrected chi connectivity index (χ3v) is 1.82. The van der Waals surface area contributed by atoms with E-state index < -0.39 is 0 Å². The lowest BCUT2D eigenvalue weighted by Gasteiger charge is -2.02. The topological polar surface area (TPSA) is 70.5 Å². The molecular weight excluding hydrogens is 212 g/mol. The largest absolute Gasteiger partial charge is 0.446 e. The van der Waals surface area contributed by atoms with E-state index >= 15 is 0 Å². The molecule has 0 aliphatic heterocycles. The van der Waals surface area contributed by atoms with E-state index in [9.17, 15) is 0 Å². The van der Waals surface area contributed by atoms with Crippen LogP contribution in [0.1, 0.15) is 11.6 Å². The molecule has 2 heterocycles. The van der Waals surface area contributed by atoms with Crippen molar-refractivity contribution in [3.05, 3.63) is 36.4 Å². The van der Waals surface area contributed by atoms with Crippen molar-refractivity contribution in [1.82, 2.24) is 10.1 Å². The van der Waals surface area contributed by atoms with Gasteiger partial charge in [-0.2, -0.15) is 0 Å². The summed E-state index contributed by atoms with van der Waals surface area (Å²) in [7, 11) is 0. The average molecular weight is 224 g/mol. The normalized spacial score (nSPS) is 10.8. The maximum absolute atomic E-state index is 5.30. The predicted molar refractivity (Wildman–Crippen MR) is 52.3 cm³/mol. The minimum atomic E-state index is 0.361. The lowest BCUT2D eigenvalue weighted by atomic mass is 10.5. The second-order valence-corrected chi connectivity index (χ2v) is 3.02. The first-order valence-electron chi connectivity index (χ1n) is 4.88. The average Bonchev–Trinajstić information content (AvgIpc) is 2.96. The maximum Gasteiger partial charge on any atom is 0.219 e. The highest BCUT2D eigenvalue weighted by molar-refractivity contribution is 4.92. The van der Waals surface area contributed by atoms with Gasteiger partial charge in [0.2, 0.25) is 5.89 Å². The second-order valence-electron chi connectivity index (χ2n) is 3.02. The molecule has 86 valence electrons. The van der Waals surface area contributed by atoms with Crippen molar-refractivity contribution in [3.63, 3.8) is 0 Å². The molecule has 2 rings (SSSR count). The van der Waals surface area contributed by atoms with Gasteiger partial charge in [0.1, 0.15) is 24.8 Å². The summed E-state index contributed by atoms with van der Waals surface area (Å²) in [5, 5.41) is 3.71. The molecule has 0 unspecified atom stereocenters. The summed E-state index contributed by atoms with van der Waals surface area (Å²) in [6, 6.07) is 1.76. The minimum Gasteiger partial charge on any atom is -0.446 e. The van der Waals surface area contributed by atoms with Crippen LogP contribution in [0.4, 0.5) is 0 Å². The fourth-order valence-electron chi connectivity index (χ4n) is 1.09. The molecule has 0 bridgehead atoms. The zero-order chi connectivity index (χ0) is 11.1. The fraction of sp³-hybridized carbons (Fsp3) is 0.400. The zero-order valence-electron chi connectivity index (χ0n) is 8.67. The fourth-order valence-corrected chi connectivity index (χ4v) is 1.09.